The quantitative estimate of drug-likeness (QED) is 0.894. The Labute approximate surface area is 107 Å². The molecular weight excluding hydrogens is 227 g/mol. The first-order valence-corrected chi connectivity index (χ1v) is 6.03. The van der Waals surface area contributed by atoms with Crippen molar-refractivity contribution in [2.24, 2.45) is 0 Å². The average Bonchev–Trinajstić information content (AvgIpc) is 2.39. The highest BCUT2D eigenvalue weighted by molar-refractivity contribution is 5.25. The Morgan fingerprint density at radius 3 is 2.56 bits per heavy atom. The van der Waals surface area contributed by atoms with Crippen molar-refractivity contribution in [3.05, 3.63) is 65.2 Å². The molecule has 1 aromatic heterocycles. The van der Waals surface area contributed by atoms with Gasteiger partial charge < -0.3 is 5.32 Å². The Hall–Kier alpha value is -1.74. The summed E-state index contributed by atoms with van der Waals surface area (Å²) in [5, 5.41) is 3.15. The summed E-state index contributed by atoms with van der Waals surface area (Å²) in [5.41, 5.74) is 3.08. The predicted octanol–water partition coefficient (Wildman–Crippen LogP) is 3.03. The molecule has 1 N–H and O–H groups in total. The van der Waals surface area contributed by atoms with E-state index in [9.17, 15) is 4.39 Å². The highest BCUT2D eigenvalue weighted by Gasteiger charge is 2.14. The van der Waals surface area contributed by atoms with E-state index >= 15 is 0 Å². The van der Waals surface area contributed by atoms with Crippen LogP contribution in [-0.2, 0) is 6.42 Å². The molecule has 2 nitrogen and oxygen atoms in total. The molecule has 0 bridgehead atoms. The largest absolute Gasteiger partial charge is 0.313 e. The third kappa shape index (κ3) is 2.93. The molecule has 0 saturated heterocycles. The second-order valence-electron chi connectivity index (χ2n) is 4.43. The lowest BCUT2D eigenvalue weighted by Gasteiger charge is -2.17. The van der Waals surface area contributed by atoms with Gasteiger partial charge in [-0.15, -0.1) is 0 Å². The number of nitrogens with one attached hydrogen (secondary N) is 1. The monoisotopic (exact) mass is 244 g/mol. The van der Waals surface area contributed by atoms with Gasteiger partial charge in [-0.25, -0.2) is 4.39 Å². The van der Waals surface area contributed by atoms with E-state index in [-0.39, 0.29) is 11.9 Å². The number of nitrogens with zero attached hydrogens (tertiary/aromatic N) is 1. The number of pyridine rings is 1. The number of rotatable bonds is 4. The molecule has 0 aliphatic carbocycles. The lowest BCUT2D eigenvalue weighted by Crippen LogP contribution is -2.20. The summed E-state index contributed by atoms with van der Waals surface area (Å²) in [7, 11) is 1.85. The second kappa shape index (κ2) is 5.74. The molecule has 0 aliphatic rings. The van der Waals surface area contributed by atoms with Crippen molar-refractivity contribution in [3.63, 3.8) is 0 Å². The summed E-state index contributed by atoms with van der Waals surface area (Å²) >= 11 is 0. The van der Waals surface area contributed by atoms with Gasteiger partial charge in [0.2, 0.25) is 0 Å². The fraction of sp³-hybridized carbons (Fsp3) is 0.267. The maximum absolute atomic E-state index is 13.7. The van der Waals surface area contributed by atoms with Gasteiger partial charge in [-0.1, -0.05) is 29.8 Å². The fourth-order valence-corrected chi connectivity index (χ4v) is 2.00. The second-order valence-corrected chi connectivity index (χ2v) is 4.43. The summed E-state index contributed by atoms with van der Waals surface area (Å²) in [6.07, 6.45) is 3.64. The summed E-state index contributed by atoms with van der Waals surface area (Å²) in [4.78, 5) is 3.78. The van der Waals surface area contributed by atoms with Gasteiger partial charge >= 0.3 is 0 Å². The summed E-state index contributed by atoms with van der Waals surface area (Å²) < 4.78 is 13.7. The Kier molecular flexibility index (Phi) is 4.05. The maximum atomic E-state index is 13.7. The van der Waals surface area contributed by atoms with Crippen LogP contribution in [0.4, 0.5) is 4.39 Å². The Morgan fingerprint density at radius 1 is 1.22 bits per heavy atom. The fourth-order valence-electron chi connectivity index (χ4n) is 2.00. The summed E-state index contributed by atoms with van der Waals surface area (Å²) in [5.74, 6) is -0.260. The van der Waals surface area contributed by atoms with Crippen LogP contribution in [-0.4, -0.2) is 12.0 Å². The Morgan fingerprint density at radius 2 is 1.94 bits per heavy atom. The Balaban J connectivity index is 2.20. The van der Waals surface area contributed by atoms with Crippen molar-refractivity contribution in [2.75, 3.05) is 7.05 Å². The predicted molar refractivity (Wildman–Crippen MR) is 70.9 cm³/mol. The first kappa shape index (κ1) is 12.7. The van der Waals surface area contributed by atoms with Crippen molar-refractivity contribution in [2.45, 2.75) is 19.4 Å². The number of likely N-dealkylation sites (N-methyl/N-ethyl adjacent to an activating group) is 1. The van der Waals surface area contributed by atoms with Gasteiger partial charge in [-0.2, -0.15) is 0 Å². The zero-order valence-electron chi connectivity index (χ0n) is 10.7. The van der Waals surface area contributed by atoms with Crippen LogP contribution in [0.5, 0.6) is 0 Å². The molecule has 3 heteroatoms. The highest BCUT2D eigenvalue weighted by atomic mass is 19.1. The highest BCUT2D eigenvalue weighted by Crippen LogP contribution is 2.20. The normalized spacial score (nSPS) is 12.4. The maximum Gasteiger partial charge on any atom is 0.146 e. The molecule has 1 atom stereocenters. The third-order valence-electron chi connectivity index (χ3n) is 3.09. The van der Waals surface area contributed by atoms with Gasteiger partial charge in [0, 0.05) is 17.8 Å². The van der Waals surface area contributed by atoms with E-state index in [0.29, 0.717) is 5.56 Å². The van der Waals surface area contributed by atoms with Crippen molar-refractivity contribution >= 4 is 0 Å². The number of hydrogen-bond donors (Lipinski definition) is 1. The van der Waals surface area contributed by atoms with Crippen molar-refractivity contribution in [3.8, 4) is 0 Å². The van der Waals surface area contributed by atoms with Crippen LogP contribution in [0.2, 0.25) is 0 Å². The van der Waals surface area contributed by atoms with E-state index in [1.54, 1.807) is 12.3 Å². The van der Waals surface area contributed by atoms with Crippen LogP contribution in [0.3, 0.4) is 0 Å². The first-order chi connectivity index (χ1) is 8.70. The van der Waals surface area contributed by atoms with E-state index in [4.69, 9.17) is 0 Å². The molecule has 0 radical (unpaired) electrons. The standard InChI is InChI=1S/C15H17FN2/c1-11-3-5-12(6-4-11)9-15(17-2)13-7-8-18-10-14(13)16/h3-8,10,15,17H,9H2,1-2H3. The van der Waals surface area contributed by atoms with Gasteiger partial charge in [-0.05, 0) is 32.0 Å². The lowest BCUT2D eigenvalue weighted by atomic mass is 9.99. The smallest absolute Gasteiger partial charge is 0.146 e. The molecule has 0 amide bonds. The van der Waals surface area contributed by atoms with Crippen LogP contribution in [0.15, 0.2) is 42.7 Å². The van der Waals surface area contributed by atoms with Crippen molar-refractivity contribution in [1.29, 1.82) is 0 Å². The zero-order valence-corrected chi connectivity index (χ0v) is 10.7. The number of benzene rings is 1. The minimum absolute atomic E-state index is 0.0318. The van der Waals surface area contributed by atoms with E-state index in [1.165, 1.54) is 17.3 Å². The molecule has 94 valence electrons. The van der Waals surface area contributed by atoms with Crippen LogP contribution in [0.25, 0.3) is 0 Å². The molecule has 0 saturated carbocycles. The Bertz CT molecular complexity index is 508. The summed E-state index contributed by atoms with van der Waals surface area (Å²) in [6, 6.07) is 10.0. The van der Waals surface area contributed by atoms with Crippen molar-refractivity contribution in [1.82, 2.24) is 10.3 Å². The zero-order chi connectivity index (χ0) is 13.0. The molecule has 1 unspecified atom stereocenters. The number of aromatic nitrogens is 1. The SMILES string of the molecule is CNC(Cc1ccc(C)cc1)c1ccncc1F. The molecule has 1 heterocycles. The number of hydrogen-bond acceptors (Lipinski definition) is 2. The molecular formula is C15H17FN2. The van der Waals surface area contributed by atoms with Gasteiger partial charge in [0.15, 0.2) is 0 Å². The van der Waals surface area contributed by atoms with Crippen LogP contribution in [0.1, 0.15) is 22.7 Å². The van der Waals surface area contributed by atoms with E-state index in [2.05, 4.69) is 41.5 Å². The molecule has 2 rings (SSSR count). The average molecular weight is 244 g/mol. The topological polar surface area (TPSA) is 24.9 Å². The summed E-state index contributed by atoms with van der Waals surface area (Å²) in [6.45, 7) is 2.06. The molecule has 18 heavy (non-hydrogen) atoms. The van der Waals surface area contributed by atoms with Crippen LogP contribution in [0, 0.1) is 12.7 Å². The van der Waals surface area contributed by atoms with Gasteiger partial charge in [0.05, 0.1) is 6.20 Å². The van der Waals surface area contributed by atoms with Crippen LogP contribution < -0.4 is 5.32 Å². The van der Waals surface area contributed by atoms with Crippen LogP contribution >= 0.6 is 0 Å². The molecule has 0 fully saturated rings. The van der Waals surface area contributed by atoms with Crippen molar-refractivity contribution < 1.29 is 4.39 Å². The van der Waals surface area contributed by atoms with E-state index in [0.717, 1.165) is 6.42 Å². The minimum Gasteiger partial charge on any atom is -0.313 e. The molecule has 2 aromatic rings. The molecule has 0 aliphatic heterocycles. The van der Waals surface area contributed by atoms with Gasteiger partial charge in [0.25, 0.3) is 0 Å². The number of halogens is 1. The van der Waals surface area contributed by atoms with E-state index < -0.39 is 0 Å². The lowest BCUT2D eigenvalue weighted by molar-refractivity contribution is 0.530. The molecule has 0 spiro atoms. The van der Waals surface area contributed by atoms with Gasteiger partial charge in [0.1, 0.15) is 5.82 Å². The third-order valence-corrected chi connectivity index (χ3v) is 3.09. The minimum atomic E-state index is -0.260. The number of aryl methyl sites for hydroxylation is 1. The van der Waals surface area contributed by atoms with Gasteiger partial charge in [-0.3, -0.25) is 4.98 Å². The van der Waals surface area contributed by atoms with E-state index in [1.807, 2.05) is 7.05 Å². The molecule has 1 aromatic carbocycles. The first-order valence-electron chi connectivity index (χ1n) is 6.03.